The number of Topliss-reactive ketones (excluding diaryl/α,β-unsaturated/α-hetero) is 1. The van der Waals surface area contributed by atoms with Gasteiger partial charge in [-0.3, -0.25) is 14.5 Å². The third kappa shape index (κ3) is 3.24. The van der Waals surface area contributed by atoms with E-state index in [9.17, 15) is 24.6 Å². The number of carbonyl (C=O) groups is 3. The Labute approximate surface area is 172 Å². The highest BCUT2D eigenvalue weighted by Crippen LogP contribution is 2.42. The standard InChI is InChI=1S/C24H17NO5/c26-21(16-10-5-2-6-11-16)19-20(15-8-3-1-4-9-15)25(23(28)22(19)27)18-13-7-12-17(14-18)24(29)30/h1-14,20,26H,(H,29,30)/b21-19+/t20-/m1/s1. The Morgan fingerprint density at radius 1 is 0.767 bits per heavy atom. The van der Waals surface area contributed by atoms with Crippen molar-refractivity contribution in [2.24, 2.45) is 0 Å². The third-order valence-corrected chi connectivity index (χ3v) is 4.98. The Bertz CT molecular complexity index is 1170. The van der Waals surface area contributed by atoms with Gasteiger partial charge in [-0.15, -0.1) is 0 Å². The van der Waals surface area contributed by atoms with Crippen molar-refractivity contribution in [3.63, 3.8) is 0 Å². The number of aliphatic hydroxyl groups excluding tert-OH is 1. The number of amides is 1. The number of carboxylic acid groups (broad SMARTS) is 1. The molecular formula is C24H17NO5. The fourth-order valence-electron chi connectivity index (χ4n) is 3.59. The van der Waals surface area contributed by atoms with Crippen molar-refractivity contribution in [3.05, 3.63) is 107 Å². The topological polar surface area (TPSA) is 94.9 Å². The van der Waals surface area contributed by atoms with Crippen LogP contribution in [0.4, 0.5) is 5.69 Å². The Kier molecular flexibility index (Phi) is 4.90. The first kappa shape index (κ1) is 19.1. The van der Waals surface area contributed by atoms with Crippen molar-refractivity contribution < 1.29 is 24.6 Å². The lowest BCUT2D eigenvalue weighted by atomic mass is 9.95. The summed E-state index contributed by atoms with van der Waals surface area (Å²) < 4.78 is 0. The molecule has 1 fully saturated rings. The van der Waals surface area contributed by atoms with Gasteiger partial charge in [-0.2, -0.15) is 0 Å². The number of hydrogen-bond donors (Lipinski definition) is 2. The molecular weight excluding hydrogens is 382 g/mol. The van der Waals surface area contributed by atoms with E-state index in [1.807, 2.05) is 0 Å². The molecule has 6 nitrogen and oxygen atoms in total. The minimum atomic E-state index is -1.14. The van der Waals surface area contributed by atoms with Crippen molar-refractivity contribution in [2.45, 2.75) is 6.04 Å². The van der Waals surface area contributed by atoms with Gasteiger partial charge >= 0.3 is 5.97 Å². The van der Waals surface area contributed by atoms with Gasteiger partial charge in [0.15, 0.2) is 0 Å². The summed E-state index contributed by atoms with van der Waals surface area (Å²) >= 11 is 0. The molecule has 0 bridgehead atoms. The molecule has 148 valence electrons. The van der Waals surface area contributed by atoms with Crippen LogP contribution in [0, 0.1) is 0 Å². The molecule has 30 heavy (non-hydrogen) atoms. The molecule has 1 aliphatic heterocycles. The van der Waals surface area contributed by atoms with E-state index in [-0.39, 0.29) is 22.6 Å². The Morgan fingerprint density at radius 3 is 2.00 bits per heavy atom. The van der Waals surface area contributed by atoms with Gasteiger partial charge in [0.05, 0.1) is 17.2 Å². The second-order valence-electron chi connectivity index (χ2n) is 6.80. The minimum absolute atomic E-state index is 0.00993. The zero-order valence-corrected chi connectivity index (χ0v) is 15.7. The van der Waals surface area contributed by atoms with Crippen molar-refractivity contribution >= 4 is 29.1 Å². The summed E-state index contributed by atoms with van der Waals surface area (Å²) in [5.41, 5.74) is 1.24. The number of ketones is 1. The summed E-state index contributed by atoms with van der Waals surface area (Å²) in [4.78, 5) is 38.6. The van der Waals surface area contributed by atoms with Crippen LogP contribution in [0.1, 0.15) is 27.5 Å². The Balaban J connectivity index is 1.95. The van der Waals surface area contributed by atoms with E-state index in [1.54, 1.807) is 66.7 Å². The van der Waals surface area contributed by atoms with Crippen molar-refractivity contribution in [2.75, 3.05) is 4.90 Å². The molecule has 1 atom stereocenters. The van der Waals surface area contributed by atoms with Crippen LogP contribution >= 0.6 is 0 Å². The van der Waals surface area contributed by atoms with Gasteiger partial charge in [0, 0.05) is 11.3 Å². The summed E-state index contributed by atoms with van der Waals surface area (Å²) in [7, 11) is 0. The van der Waals surface area contributed by atoms with Gasteiger partial charge in [0.25, 0.3) is 11.7 Å². The molecule has 0 aromatic heterocycles. The summed E-state index contributed by atoms with van der Waals surface area (Å²) in [6, 6.07) is 22.3. The average Bonchev–Trinajstić information content (AvgIpc) is 3.05. The SMILES string of the molecule is O=C1C(=O)N(c2cccc(C(=O)O)c2)[C@H](c2ccccc2)/C1=C(\O)c1ccccc1. The molecule has 0 radical (unpaired) electrons. The average molecular weight is 399 g/mol. The molecule has 6 heteroatoms. The van der Waals surface area contributed by atoms with Gasteiger partial charge in [-0.05, 0) is 23.8 Å². The van der Waals surface area contributed by atoms with Crippen LogP contribution in [-0.2, 0) is 9.59 Å². The number of anilines is 1. The number of hydrogen-bond acceptors (Lipinski definition) is 4. The Morgan fingerprint density at radius 2 is 1.37 bits per heavy atom. The van der Waals surface area contributed by atoms with E-state index in [2.05, 4.69) is 0 Å². The zero-order chi connectivity index (χ0) is 21.3. The molecule has 2 N–H and O–H groups in total. The fraction of sp³-hybridized carbons (Fsp3) is 0.0417. The number of nitrogens with zero attached hydrogens (tertiary/aromatic N) is 1. The maximum absolute atomic E-state index is 13.0. The molecule has 1 amide bonds. The third-order valence-electron chi connectivity index (χ3n) is 4.98. The summed E-state index contributed by atoms with van der Waals surface area (Å²) in [5.74, 6) is -3.08. The normalized spacial score (nSPS) is 17.9. The molecule has 3 aromatic rings. The maximum Gasteiger partial charge on any atom is 0.335 e. The molecule has 1 saturated heterocycles. The molecule has 0 aliphatic carbocycles. The van der Waals surface area contributed by atoms with E-state index < -0.39 is 23.7 Å². The first-order chi connectivity index (χ1) is 14.5. The minimum Gasteiger partial charge on any atom is -0.507 e. The molecule has 1 aliphatic rings. The molecule has 0 saturated carbocycles. The lowest BCUT2D eigenvalue weighted by Crippen LogP contribution is -2.29. The van der Waals surface area contributed by atoms with Gasteiger partial charge in [0.2, 0.25) is 0 Å². The highest BCUT2D eigenvalue weighted by Gasteiger charge is 2.47. The predicted molar refractivity (Wildman–Crippen MR) is 111 cm³/mol. The first-order valence-corrected chi connectivity index (χ1v) is 9.24. The molecule has 1 heterocycles. The highest BCUT2D eigenvalue weighted by molar-refractivity contribution is 6.51. The van der Waals surface area contributed by atoms with Crippen LogP contribution in [0.5, 0.6) is 0 Å². The smallest absolute Gasteiger partial charge is 0.335 e. The quantitative estimate of drug-likeness (QED) is 0.393. The van der Waals surface area contributed by atoms with Crippen molar-refractivity contribution in [3.8, 4) is 0 Å². The maximum atomic E-state index is 13.0. The van der Waals surface area contributed by atoms with Gasteiger partial charge in [-0.25, -0.2) is 4.79 Å². The summed E-state index contributed by atoms with van der Waals surface area (Å²) in [6.45, 7) is 0. The molecule has 4 rings (SSSR count). The number of carboxylic acids is 1. The Hall–Kier alpha value is -4.19. The van der Waals surface area contributed by atoms with Gasteiger partial charge in [0.1, 0.15) is 5.76 Å². The first-order valence-electron chi connectivity index (χ1n) is 9.24. The molecule has 0 unspecified atom stereocenters. The lowest BCUT2D eigenvalue weighted by molar-refractivity contribution is -0.132. The van der Waals surface area contributed by atoms with Crippen LogP contribution in [0.25, 0.3) is 5.76 Å². The summed E-state index contributed by atoms with van der Waals surface area (Å²) in [5, 5.41) is 20.3. The second kappa shape index (κ2) is 7.67. The van der Waals surface area contributed by atoms with Gasteiger partial charge in [-0.1, -0.05) is 66.7 Å². The number of carbonyl (C=O) groups excluding carboxylic acids is 2. The van der Waals surface area contributed by atoms with Crippen molar-refractivity contribution in [1.29, 1.82) is 0 Å². The number of aromatic carboxylic acids is 1. The van der Waals surface area contributed by atoms with E-state index >= 15 is 0 Å². The number of benzene rings is 3. The van der Waals surface area contributed by atoms with Crippen LogP contribution in [-0.4, -0.2) is 27.9 Å². The van der Waals surface area contributed by atoms with E-state index in [1.165, 1.54) is 23.1 Å². The zero-order valence-electron chi connectivity index (χ0n) is 15.7. The monoisotopic (exact) mass is 399 g/mol. The number of rotatable bonds is 4. The fourth-order valence-corrected chi connectivity index (χ4v) is 3.59. The summed E-state index contributed by atoms with van der Waals surface area (Å²) in [6.07, 6.45) is 0. The lowest BCUT2D eigenvalue weighted by Gasteiger charge is -2.25. The second-order valence-corrected chi connectivity index (χ2v) is 6.80. The van der Waals surface area contributed by atoms with E-state index in [0.717, 1.165) is 0 Å². The molecule has 0 spiro atoms. The van der Waals surface area contributed by atoms with Gasteiger partial charge < -0.3 is 10.2 Å². The largest absolute Gasteiger partial charge is 0.507 e. The van der Waals surface area contributed by atoms with E-state index in [0.29, 0.717) is 11.1 Å². The van der Waals surface area contributed by atoms with Crippen LogP contribution in [0.15, 0.2) is 90.5 Å². The van der Waals surface area contributed by atoms with E-state index in [4.69, 9.17) is 0 Å². The number of aliphatic hydroxyl groups is 1. The van der Waals surface area contributed by atoms with Crippen LogP contribution in [0.2, 0.25) is 0 Å². The highest BCUT2D eigenvalue weighted by atomic mass is 16.4. The molecule has 3 aromatic carbocycles. The van der Waals surface area contributed by atoms with Crippen LogP contribution < -0.4 is 4.90 Å². The van der Waals surface area contributed by atoms with Crippen molar-refractivity contribution in [1.82, 2.24) is 0 Å². The van der Waals surface area contributed by atoms with Crippen LogP contribution in [0.3, 0.4) is 0 Å². The predicted octanol–water partition coefficient (Wildman–Crippen LogP) is 4.01.